The number of carbonyl (C=O) groups excluding carboxylic acids is 1. The topological polar surface area (TPSA) is 67.6 Å². The molecule has 1 aromatic carbocycles. The smallest absolute Gasteiger partial charge is 0.222 e. The van der Waals surface area contributed by atoms with Crippen molar-refractivity contribution in [2.24, 2.45) is 5.73 Å². The summed E-state index contributed by atoms with van der Waals surface area (Å²) in [5.41, 5.74) is 5.39. The highest BCUT2D eigenvalue weighted by molar-refractivity contribution is 5.76. The summed E-state index contributed by atoms with van der Waals surface area (Å²) in [5.74, 6) is -1.55. The van der Waals surface area contributed by atoms with Gasteiger partial charge in [-0.1, -0.05) is 6.07 Å². The summed E-state index contributed by atoms with van der Waals surface area (Å²) in [6.45, 7) is 0.313. The van der Waals surface area contributed by atoms with E-state index in [9.17, 15) is 13.6 Å². The molecule has 0 bridgehead atoms. The Labute approximate surface area is 129 Å². The third-order valence-corrected chi connectivity index (χ3v) is 3.46. The highest BCUT2D eigenvalue weighted by Gasteiger charge is 2.23. The fourth-order valence-electron chi connectivity index (χ4n) is 2.12. The molecule has 0 heterocycles. The molecule has 1 aromatic rings. The minimum Gasteiger partial charge on any atom is -0.380 e. The molecule has 0 aliphatic heterocycles. The highest BCUT2D eigenvalue weighted by atomic mass is 19.1. The van der Waals surface area contributed by atoms with Crippen molar-refractivity contribution in [1.29, 1.82) is 0 Å². The number of ether oxygens (including phenoxy) is 1. The SMILES string of the molecule is COC(CN)CC(=O)NCC(c1c(F)cccc1F)N(C)C. The van der Waals surface area contributed by atoms with Crippen molar-refractivity contribution in [2.75, 3.05) is 34.3 Å². The quantitative estimate of drug-likeness (QED) is 0.752. The van der Waals surface area contributed by atoms with Crippen LogP contribution in [-0.2, 0) is 9.53 Å². The summed E-state index contributed by atoms with van der Waals surface area (Å²) in [6, 6.07) is 3.10. The van der Waals surface area contributed by atoms with Gasteiger partial charge in [0.05, 0.1) is 18.6 Å². The van der Waals surface area contributed by atoms with Gasteiger partial charge in [0.25, 0.3) is 0 Å². The van der Waals surface area contributed by atoms with Gasteiger partial charge in [0.2, 0.25) is 5.91 Å². The van der Waals surface area contributed by atoms with Crippen LogP contribution in [0, 0.1) is 11.6 Å². The Hall–Kier alpha value is -1.57. The van der Waals surface area contributed by atoms with Gasteiger partial charge in [0, 0.05) is 25.8 Å². The molecule has 2 unspecified atom stereocenters. The van der Waals surface area contributed by atoms with Crippen LogP contribution in [0.1, 0.15) is 18.0 Å². The molecule has 1 amide bonds. The molecule has 7 heteroatoms. The maximum Gasteiger partial charge on any atom is 0.222 e. The Bertz CT molecular complexity index is 473. The van der Waals surface area contributed by atoms with Crippen LogP contribution >= 0.6 is 0 Å². The summed E-state index contributed by atoms with van der Waals surface area (Å²) in [4.78, 5) is 13.5. The predicted molar refractivity (Wildman–Crippen MR) is 80.3 cm³/mol. The lowest BCUT2D eigenvalue weighted by atomic mass is 10.0. The van der Waals surface area contributed by atoms with Crippen LogP contribution in [0.3, 0.4) is 0 Å². The van der Waals surface area contributed by atoms with E-state index < -0.39 is 17.7 Å². The van der Waals surface area contributed by atoms with Crippen LogP contribution in [0.5, 0.6) is 0 Å². The first-order valence-electron chi connectivity index (χ1n) is 7.00. The van der Waals surface area contributed by atoms with Gasteiger partial charge in [0.15, 0.2) is 0 Å². The summed E-state index contributed by atoms with van der Waals surface area (Å²) in [7, 11) is 4.86. The molecule has 124 valence electrons. The number of nitrogens with zero attached hydrogens (tertiary/aromatic N) is 1. The number of rotatable bonds is 8. The van der Waals surface area contributed by atoms with Crippen molar-refractivity contribution in [3.8, 4) is 0 Å². The Morgan fingerprint density at radius 2 is 1.95 bits per heavy atom. The molecule has 5 nitrogen and oxygen atoms in total. The normalized spacial score (nSPS) is 14.0. The van der Waals surface area contributed by atoms with Crippen molar-refractivity contribution in [3.63, 3.8) is 0 Å². The second-order valence-electron chi connectivity index (χ2n) is 5.22. The molecular formula is C15H23F2N3O2. The monoisotopic (exact) mass is 315 g/mol. The number of carbonyl (C=O) groups is 1. The van der Waals surface area contributed by atoms with Crippen LogP contribution in [0.4, 0.5) is 8.78 Å². The van der Waals surface area contributed by atoms with E-state index in [2.05, 4.69) is 5.32 Å². The van der Waals surface area contributed by atoms with E-state index in [1.165, 1.54) is 25.3 Å². The van der Waals surface area contributed by atoms with Gasteiger partial charge in [-0.3, -0.25) is 4.79 Å². The fraction of sp³-hybridized carbons (Fsp3) is 0.533. The molecule has 0 aromatic heterocycles. The zero-order valence-corrected chi connectivity index (χ0v) is 13.1. The molecule has 0 fully saturated rings. The summed E-state index contributed by atoms with van der Waals surface area (Å²) in [5, 5.41) is 2.67. The Morgan fingerprint density at radius 3 is 2.41 bits per heavy atom. The van der Waals surface area contributed by atoms with Gasteiger partial charge in [-0.15, -0.1) is 0 Å². The number of hydrogen-bond donors (Lipinski definition) is 2. The zero-order valence-electron chi connectivity index (χ0n) is 13.1. The highest BCUT2D eigenvalue weighted by Crippen LogP contribution is 2.23. The number of amides is 1. The van der Waals surface area contributed by atoms with E-state index in [1.807, 2.05) is 0 Å². The van der Waals surface area contributed by atoms with Crippen LogP contribution in [0.2, 0.25) is 0 Å². The van der Waals surface area contributed by atoms with Crippen molar-refractivity contribution < 1.29 is 18.3 Å². The van der Waals surface area contributed by atoms with E-state index >= 15 is 0 Å². The molecular weight excluding hydrogens is 292 g/mol. The average molecular weight is 315 g/mol. The van der Waals surface area contributed by atoms with Gasteiger partial charge in [-0.2, -0.15) is 0 Å². The average Bonchev–Trinajstić information content (AvgIpc) is 2.47. The van der Waals surface area contributed by atoms with Crippen molar-refractivity contribution >= 4 is 5.91 Å². The molecule has 2 atom stereocenters. The van der Waals surface area contributed by atoms with Gasteiger partial charge < -0.3 is 20.7 Å². The molecule has 0 radical (unpaired) electrons. The lowest BCUT2D eigenvalue weighted by Gasteiger charge is -2.26. The van der Waals surface area contributed by atoms with E-state index in [1.54, 1.807) is 19.0 Å². The first-order valence-corrected chi connectivity index (χ1v) is 7.00. The molecule has 0 saturated carbocycles. The molecule has 0 saturated heterocycles. The zero-order chi connectivity index (χ0) is 16.7. The molecule has 3 N–H and O–H groups in total. The second kappa shape index (κ2) is 8.77. The maximum absolute atomic E-state index is 13.9. The number of likely N-dealkylation sites (N-methyl/N-ethyl adjacent to an activating group) is 1. The maximum atomic E-state index is 13.9. The van der Waals surface area contributed by atoms with Crippen LogP contribution in [-0.4, -0.2) is 51.2 Å². The minimum atomic E-state index is -0.635. The third-order valence-electron chi connectivity index (χ3n) is 3.46. The van der Waals surface area contributed by atoms with Crippen LogP contribution < -0.4 is 11.1 Å². The number of nitrogens with two attached hydrogens (primary N) is 1. The number of nitrogens with one attached hydrogen (secondary N) is 1. The van der Waals surface area contributed by atoms with E-state index in [0.29, 0.717) is 0 Å². The van der Waals surface area contributed by atoms with E-state index in [-0.39, 0.29) is 37.1 Å². The third kappa shape index (κ3) is 5.01. The Morgan fingerprint density at radius 1 is 1.36 bits per heavy atom. The summed E-state index contributed by atoms with van der Waals surface area (Å²) < 4.78 is 32.8. The van der Waals surface area contributed by atoms with Gasteiger partial charge in [0.1, 0.15) is 11.6 Å². The minimum absolute atomic E-state index is 0.0603. The lowest BCUT2D eigenvalue weighted by Crippen LogP contribution is -2.38. The number of methoxy groups -OCH3 is 1. The van der Waals surface area contributed by atoms with Crippen molar-refractivity contribution in [1.82, 2.24) is 10.2 Å². The first kappa shape index (κ1) is 18.5. The molecule has 1 rings (SSSR count). The van der Waals surface area contributed by atoms with E-state index in [4.69, 9.17) is 10.5 Å². The summed E-state index contributed by atoms with van der Waals surface area (Å²) >= 11 is 0. The number of halogens is 2. The lowest BCUT2D eigenvalue weighted by molar-refractivity contribution is -0.123. The molecule has 22 heavy (non-hydrogen) atoms. The second-order valence-corrected chi connectivity index (χ2v) is 5.22. The standard InChI is InChI=1S/C15H23F2N3O2/c1-20(2)13(15-11(16)5-4-6-12(15)17)9-19-14(21)7-10(8-18)22-3/h4-6,10,13H,7-9,18H2,1-3H3,(H,19,21). The first-order chi connectivity index (χ1) is 10.4. The van der Waals surface area contributed by atoms with Crippen molar-refractivity contribution in [3.05, 3.63) is 35.4 Å². The predicted octanol–water partition coefficient (Wildman–Crippen LogP) is 1.05. The fourth-order valence-corrected chi connectivity index (χ4v) is 2.12. The molecule has 0 aliphatic carbocycles. The Kier molecular flexibility index (Phi) is 7.37. The van der Waals surface area contributed by atoms with Gasteiger partial charge >= 0.3 is 0 Å². The van der Waals surface area contributed by atoms with Crippen LogP contribution in [0.15, 0.2) is 18.2 Å². The molecule has 0 spiro atoms. The molecule has 0 aliphatic rings. The van der Waals surface area contributed by atoms with Gasteiger partial charge in [-0.05, 0) is 26.2 Å². The number of hydrogen-bond acceptors (Lipinski definition) is 4. The van der Waals surface area contributed by atoms with Crippen LogP contribution in [0.25, 0.3) is 0 Å². The van der Waals surface area contributed by atoms with Crippen molar-refractivity contribution in [2.45, 2.75) is 18.6 Å². The summed E-state index contributed by atoms with van der Waals surface area (Å²) in [6.07, 6.45) is -0.268. The number of benzene rings is 1. The Balaban J connectivity index is 2.76. The van der Waals surface area contributed by atoms with E-state index in [0.717, 1.165) is 0 Å². The largest absolute Gasteiger partial charge is 0.380 e. The van der Waals surface area contributed by atoms with Gasteiger partial charge in [-0.25, -0.2) is 8.78 Å².